The van der Waals surface area contributed by atoms with E-state index in [0.29, 0.717) is 0 Å². The number of rotatable bonds is 11. The minimum absolute atomic E-state index is 0.757. The van der Waals surface area contributed by atoms with Gasteiger partial charge in [0.05, 0.1) is 12.9 Å². The van der Waals surface area contributed by atoms with Crippen molar-refractivity contribution in [3.63, 3.8) is 0 Å². The topological polar surface area (TPSA) is 9.23 Å². The predicted molar refractivity (Wildman–Crippen MR) is 87.8 cm³/mol. The van der Waals surface area contributed by atoms with Crippen LogP contribution in [0.1, 0.15) is 51.0 Å². The van der Waals surface area contributed by atoms with E-state index in [1.807, 2.05) is 12.3 Å². The van der Waals surface area contributed by atoms with Crippen molar-refractivity contribution in [2.24, 2.45) is 0 Å². The minimum atomic E-state index is 0.757. The minimum Gasteiger partial charge on any atom is -0.501 e. The SMILES string of the molecule is CCCCCC=CCCC=COCCc1ccccc1. The lowest BCUT2D eigenvalue weighted by Crippen LogP contribution is -1.92. The fourth-order valence-corrected chi connectivity index (χ4v) is 1.97. The molecule has 0 unspecified atom stereocenters. The molecule has 0 heterocycles. The third-order valence-corrected chi connectivity index (χ3v) is 3.18. The number of hydrogen-bond donors (Lipinski definition) is 0. The molecule has 0 spiro atoms. The first-order valence-electron chi connectivity index (χ1n) is 7.89. The summed E-state index contributed by atoms with van der Waals surface area (Å²) in [5.41, 5.74) is 1.33. The molecule has 0 bridgehead atoms. The zero-order chi connectivity index (χ0) is 14.3. The monoisotopic (exact) mass is 272 g/mol. The Bertz CT molecular complexity index is 365. The first kappa shape index (κ1) is 16.6. The summed E-state index contributed by atoms with van der Waals surface area (Å²) in [6, 6.07) is 10.4. The van der Waals surface area contributed by atoms with Crippen molar-refractivity contribution < 1.29 is 4.74 Å². The van der Waals surface area contributed by atoms with Gasteiger partial charge in [0.1, 0.15) is 0 Å². The molecule has 1 rings (SSSR count). The largest absolute Gasteiger partial charge is 0.501 e. The average Bonchev–Trinajstić information content (AvgIpc) is 2.49. The van der Waals surface area contributed by atoms with Gasteiger partial charge in [-0.25, -0.2) is 0 Å². The van der Waals surface area contributed by atoms with Gasteiger partial charge in [0.2, 0.25) is 0 Å². The molecular formula is C19H28O. The molecule has 0 aliphatic heterocycles. The molecule has 0 fully saturated rings. The van der Waals surface area contributed by atoms with E-state index in [4.69, 9.17) is 4.74 Å². The Labute approximate surface area is 124 Å². The van der Waals surface area contributed by atoms with Crippen LogP contribution in [0.4, 0.5) is 0 Å². The lowest BCUT2D eigenvalue weighted by molar-refractivity contribution is 0.252. The van der Waals surface area contributed by atoms with Crippen LogP contribution in [0.2, 0.25) is 0 Å². The van der Waals surface area contributed by atoms with Crippen LogP contribution in [0, 0.1) is 0 Å². The summed E-state index contributed by atoms with van der Waals surface area (Å²) in [4.78, 5) is 0. The van der Waals surface area contributed by atoms with E-state index in [-0.39, 0.29) is 0 Å². The quantitative estimate of drug-likeness (QED) is 0.286. The van der Waals surface area contributed by atoms with Crippen LogP contribution in [-0.4, -0.2) is 6.61 Å². The molecule has 1 aromatic carbocycles. The van der Waals surface area contributed by atoms with Gasteiger partial charge in [-0.1, -0.05) is 62.2 Å². The summed E-state index contributed by atoms with van der Waals surface area (Å²) in [6.07, 6.45) is 16.9. The Morgan fingerprint density at radius 2 is 1.65 bits per heavy atom. The molecule has 0 N–H and O–H groups in total. The zero-order valence-corrected chi connectivity index (χ0v) is 12.8. The van der Waals surface area contributed by atoms with Crippen molar-refractivity contribution in [1.82, 2.24) is 0 Å². The normalized spacial score (nSPS) is 11.4. The molecule has 110 valence electrons. The molecule has 0 radical (unpaired) electrons. The molecule has 20 heavy (non-hydrogen) atoms. The Kier molecular flexibility index (Phi) is 10.4. The standard InChI is InChI=1S/C19H28O/c1-2-3-4-5-6-7-8-9-13-17-20-18-16-19-14-11-10-12-15-19/h6-7,10-15,17H,2-5,8-9,16,18H2,1H3. The molecule has 0 saturated carbocycles. The highest BCUT2D eigenvalue weighted by molar-refractivity contribution is 5.14. The van der Waals surface area contributed by atoms with Gasteiger partial charge in [-0.15, -0.1) is 0 Å². The number of unbranched alkanes of at least 4 members (excludes halogenated alkanes) is 4. The molecule has 0 aromatic heterocycles. The third kappa shape index (κ3) is 9.43. The maximum absolute atomic E-state index is 5.49. The Balaban J connectivity index is 1.92. The number of allylic oxidation sites excluding steroid dienone is 3. The molecule has 1 nitrogen and oxygen atoms in total. The zero-order valence-electron chi connectivity index (χ0n) is 12.8. The number of ether oxygens (including phenoxy) is 1. The van der Waals surface area contributed by atoms with E-state index in [2.05, 4.69) is 49.4 Å². The van der Waals surface area contributed by atoms with Crippen LogP contribution in [-0.2, 0) is 11.2 Å². The maximum atomic E-state index is 5.49. The van der Waals surface area contributed by atoms with Gasteiger partial charge >= 0.3 is 0 Å². The molecule has 1 aromatic rings. The molecule has 0 atom stereocenters. The van der Waals surface area contributed by atoms with Crippen LogP contribution >= 0.6 is 0 Å². The summed E-state index contributed by atoms with van der Waals surface area (Å²) in [5.74, 6) is 0. The summed E-state index contributed by atoms with van der Waals surface area (Å²) in [6.45, 7) is 3.00. The van der Waals surface area contributed by atoms with Crippen molar-refractivity contribution in [2.45, 2.75) is 51.9 Å². The van der Waals surface area contributed by atoms with E-state index < -0.39 is 0 Å². The summed E-state index contributed by atoms with van der Waals surface area (Å²) < 4.78 is 5.49. The van der Waals surface area contributed by atoms with E-state index in [9.17, 15) is 0 Å². The number of hydrogen-bond acceptors (Lipinski definition) is 1. The first-order valence-corrected chi connectivity index (χ1v) is 7.89. The van der Waals surface area contributed by atoms with Crippen molar-refractivity contribution in [1.29, 1.82) is 0 Å². The van der Waals surface area contributed by atoms with Crippen molar-refractivity contribution in [3.05, 3.63) is 60.4 Å². The molecule has 0 aliphatic rings. The molecule has 1 heteroatoms. The van der Waals surface area contributed by atoms with Crippen LogP contribution in [0.15, 0.2) is 54.8 Å². The van der Waals surface area contributed by atoms with E-state index in [1.165, 1.54) is 31.2 Å². The highest BCUT2D eigenvalue weighted by atomic mass is 16.5. The van der Waals surface area contributed by atoms with Gasteiger partial charge < -0.3 is 4.74 Å². The van der Waals surface area contributed by atoms with Crippen LogP contribution < -0.4 is 0 Å². The second kappa shape index (κ2) is 12.5. The second-order valence-electron chi connectivity index (χ2n) is 5.02. The third-order valence-electron chi connectivity index (χ3n) is 3.18. The van der Waals surface area contributed by atoms with Crippen LogP contribution in [0.25, 0.3) is 0 Å². The van der Waals surface area contributed by atoms with E-state index in [0.717, 1.165) is 25.9 Å². The van der Waals surface area contributed by atoms with Gasteiger partial charge in [0.25, 0.3) is 0 Å². The van der Waals surface area contributed by atoms with Crippen molar-refractivity contribution >= 4 is 0 Å². The fraction of sp³-hybridized carbons (Fsp3) is 0.474. The highest BCUT2D eigenvalue weighted by Gasteiger charge is 1.89. The summed E-state index contributed by atoms with van der Waals surface area (Å²) in [7, 11) is 0. The van der Waals surface area contributed by atoms with E-state index in [1.54, 1.807) is 0 Å². The first-order chi connectivity index (χ1) is 9.93. The average molecular weight is 272 g/mol. The Morgan fingerprint density at radius 1 is 0.900 bits per heavy atom. The van der Waals surface area contributed by atoms with Gasteiger partial charge in [-0.3, -0.25) is 0 Å². The van der Waals surface area contributed by atoms with Crippen LogP contribution in [0.3, 0.4) is 0 Å². The van der Waals surface area contributed by atoms with Crippen molar-refractivity contribution in [3.8, 4) is 0 Å². The molecule has 0 aliphatic carbocycles. The lowest BCUT2D eigenvalue weighted by Gasteiger charge is -2.00. The van der Waals surface area contributed by atoms with Crippen LogP contribution in [0.5, 0.6) is 0 Å². The fourth-order valence-electron chi connectivity index (χ4n) is 1.97. The van der Waals surface area contributed by atoms with Gasteiger partial charge in [0.15, 0.2) is 0 Å². The number of benzene rings is 1. The van der Waals surface area contributed by atoms with Crippen molar-refractivity contribution in [2.75, 3.05) is 6.61 Å². The van der Waals surface area contributed by atoms with Gasteiger partial charge in [0, 0.05) is 6.42 Å². The summed E-state index contributed by atoms with van der Waals surface area (Å²) in [5, 5.41) is 0. The van der Waals surface area contributed by atoms with Gasteiger partial charge in [-0.05, 0) is 37.3 Å². The maximum Gasteiger partial charge on any atom is 0.0913 e. The Hall–Kier alpha value is -1.50. The highest BCUT2D eigenvalue weighted by Crippen LogP contribution is 2.02. The smallest absolute Gasteiger partial charge is 0.0913 e. The van der Waals surface area contributed by atoms with E-state index >= 15 is 0 Å². The summed E-state index contributed by atoms with van der Waals surface area (Å²) >= 11 is 0. The molecule has 0 saturated heterocycles. The van der Waals surface area contributed by atoms with Gasteiger partial charge in [-0.2, -0.15) is 0 Å². The Morgan fingerprint density at radius 3 is 2.45 bits per heavy atom. The second-order valence-corrected chi connectivity index (χ2v) is 5.02. The molecular weight excluding hydrogens is 244 g/mol. The lowest BCUT2D eigenvalue weighted by atomic mass is 10.2. The molecule has 0 amide bonds. The predicted octanol–water partition coefficient (Wildman–Crippen LogP) is 5.68.